The van der Waals surface area contributed by atoms with Crippen molar-refractivity contribution >= 4 is 6.03 Å². The first kappa shape index (κ1) is 24.2. The van der Waals surface area contributed by atoms with E-state index in [9.17, 15) is 4.79 Å². The Morgan fingerprint density at radius 3 is 2.26 bits per heavy atom. The summed E-state index contributed by atoms with van der Waals surface area (Å²) in [6.45, 7) is 5.72. The lowest BCUT2D eigenvalue weighted by atomic mass is 9.68. The van der Waals surface area contributed by atoms with Crippen molar-refractivity contribution in [2.75, 3.05) is 33.8 Å². The molecule has 2 amide bonds. The van der Waals surface area contributed by atoms with Gasteiger partial charge >= 0.3 is 6.03 Å². The lowest BCUT2D eigenvalue weighted by molar-refractivity contribution is 0.00699. The zero-order valence-corrected chi connectivity index (χ0v) is 21.7. The van der Waals surface area contributed by atoms with Gasteiger partial charge in [-0.1, -0.05) is 55.8 Å². The number of methoxy groups -OCH3 is 1. The molecule has 2 aromatic carbocycles. The Bertz CT molecular complexity index is 994. The average Bonchev–Trinajstić information content (AvgIpc) is 3.12. The molecule has 5 heteroatoms. The Hall–Kier alpha value is -2.53. The van der Waals surface area contributed by atoms with Crippen molar-refractivity contribution in [1.82, 2.24) is 14.7 Å². The van der Waals surface area contributed by atoms with Crippen LogP contribution in [0.5, 0.6) is 5.75 Å². The molecular weight excluding hydrogens is 434 g/mol. The fraction of sp³-hybridized carbons (Fsp3) is 0.567. The maximum absolute atomic E-state index is 13.8. The molecule has 0 aromatic heterocycles. The molecule has 188 valence electrons. The van der Waals surface area contributed by atoms with E-state index in [-0.39, 0.29) is 17.1 Å². The van der Waals surface area contributed by atoms with E-state index < -0.39 is 0 Å². The number of urea groups is 1. The molecule has 2 saturated carbocycles. The van der Waals surface area contributed by atoms with Gasteiger partial charge in [0.1, 0.15) is 5.75 Å². The third-order valence-corrected chi connectivity index (χ3v) is 9.28. The van der Waals surface area contributed by atoms with Gasteiger partial charge in [0.15, 0.2) is 0 Å². The lowest BCUT2D eigenvalue weighted by Gasteiger charge is -2.52. The molecule has 2 aromatic rings. The van der Waals surface area contributed by atoms with Gasteiger partial charge in [-0.05, 0) is 81.3 Å². The SMILES string of the molecule is CCN(C)[C@]1(c2ccccc2)CC[C@]2(CC1)CN(Cc1ccc(OC)cc1)C(=O)N2CC1CCC1. The third-order valence-electron chi connectivity index (χ3n) is 9.28. The molecule has 0 atom stereocenters. The number of nitrogens with zero attached hydrogens (tertiary/aromatic N) is 3. The summed E-state index contributed by atoms with van der Waals surface area (Å²) in [5.41, 5.74) is 2.59. The summed E-state index contributed by atoms with van der Waals surface area (Å²) >= 11 is 0. The molecule has 0 radical (unpaired) electrons. The van der Waals surface area contributed by atoms with Crippen molar-refractivity contribution in [2.45, 2.75) is 69.5 Å². The smallest absolute Gasteiger partial charge is 0.320 e. The lowest BCUT2D eigenvalue weighted by Crippen LogP contribution is -2.57. The summed E-state index contributed by atoms with van der Waals surface area (Å²) in [6, 6.07) is 19.4. The average molecular weight is 476 g/mol. The number of rotatable bonds is 8. The van der Waals surface area contributed by atoms with Crippen LogP contribution in [0.25, 0.3) is 0 Å². The summed E-state index contributed by atoms with van der Waals surface area (Å²) in [7, 11) is 3.96. The quantitative estimate of drug-likeness (QED) is 0.477. The second kappa shape index (κ2) is 9.85. The Balaban J connectivity index is 1.39. The van der Waals surface area contributed by atoms with Gasteiger partial charge in [-0.25, -0.2) is 4.79 Å². The van der Waals surface area contributed by atoms with Crippen LogP contribution in [0, 0.1) is 5.92 Å². The van der Waals surface area contributed by atoms with Gasteiger partial charge in [0.25, 0.3) is 0 Å². The monoisotopic (exact) mass is 475 g/mol. The number of carbonyl (C=O) groups is 1. The largest absolute Gasteiger partial charge is 0.497 e. The van der Waals surface area contributed by atoms with Crippen LogP contribution in [0.4, 0.5) is 4.79 Å². The second-order valence-electron chi connectivity index (χ2n) is 11.0. The van der Waals surface area contributed by atoms with Crippen LogP contribution in [0.15, 0.2) is 54.6 Å². The summed E-state index contributed by atoms with van der Waals surface area (Å²) in [4.78, 5) is 20.8. The van der Waals surface area contributed by atoms with E-state index in [4.69, 9.17) is 4.74 Å². The van der Waals surface area contributed by atoms with E-state index in [0.717, 1.165) is 51.1 Å². The normalized spacial score (nSPS) is 27.0. The first-order valence-corrected chi connectivity index (χ1v) is 13.5. The van der Waals surface area contributed by atoms with E-state index in [1.807, 2.05) is 12.1 Å². The Labute approximate surface area is 211 Å². The van der Waals surface area contributed by atoms with E-state index in [0.29, 0.717) is 12.5 Å². The molecule has 0 N–H and O–H groups in total. The highest BCUT2D eigenvalue weighted by Gasteiger charge is 2.55. The highest BCUT2D eigenvalue weighted by atomic mass is 16.5. The van der Waals surface area contributed by atoms with Crippen LogP contribution in [0.3, 0.4) is 0 Å². The zero-order valence-electron chi connectivity index (χ0n) is 21.7. The molecule has 35 heavy (non-hydrogen) atoms. The second-order valence-corrected chi connectivity index (χ2v) is 11.0. The summed E-state index contributed by atoms with van der Waals surface area (Å²) in [6.07, 6.45) is 8.15. The van der Waals surface area contributed by atoms with Gasteiger partial charge in [0.2, 0.25) is 0 Å². The number of amides is 2. The predicted octanol–water partition coefficient (Wildman–Crippen LogP) is 5.89. The van der Waals surface area contributed by atoms with Gasteiger partial charge < -0.3 is 14.5 Å². The Morgan fingerprint density at radius 2 is 1.69 bits per heavy atom. The van der Waals surface area contributed by atoms with E-state index >= 15 is 0 Å². The van der Waals surface area contributed by atoms with Gasteiger partial charge in [-0.3, -0.25) is 4.90 Å². The first-order valence-electron chi connectivity index (χ1n) is 13.5. The maximum Gasteiger partial charge on any atom is 0.320 e. The molecule has 1 heterocycles. The molecule has 1 aliphatic heterocycles. The molecule has 3 aliphatic rings. The minimum absolute atomic E-state index is 0.0496. The van der Waals surface area contributed by atoms with Gasteiger partial charge in [0, 0.05) is 25.2 Å². The number of ether oxygens (including phenoxy) is 1. The number of carbonyl (C=O) groups excluding carboxylic acids is 1. The van der Waals surface area contributed by atoms with Gasteiger partial charge in [-0.15, -0.1) is 0 Å². The zero-order chi connectivity index (χ0) is 24.5. The van der Waals surface area contributed by atoms with Crippen LogP contribution in [0.1, 0.15) is 63.0 Å². The van der Waals surface area contributed by atoms with Gasteiger partial charge in [-0.2, -0.15) is 0 Å². The number of benzene rings is 2. The van der Waals surface area contributed by atoms with Crippen LogP contribution in [-0.4, -0.2) is 60.1 Å². The Morgan fingerprint density at radius 1 is 1.00 bits per heavy atom. The van der Waals surface area contributed by atoms with E-state index in [2.05, 4.69) is 71.1 Å². The standard InChI is InChI=1S/C30H41N3O2/c1-4-31(2)30(26-11-6-5-7-12-26)19-17-29(18-20-30)23-32(21-25-13-15-27(35-3)16-14-25)28(34)33(29)22-24-9-8-10-24/h5-7,11-16,24H,4,8-10,17-23H2,1-3H3/t29-,30+. The summed E-state index contributed by atoms with van der Waals surface area (Å²) in [5.74, 6) is 1.53. The van der Waals surface area contributed by atoms with Crippen LogP contribution < -0.4 is 4.74 Å². The summed E-state index contributed by atoms with van der Waals surface area (Å²) in [5, 5.41) is 0. The van der Waals surface area contributed by atoms with Crippen molar-refractivity contribution in [3.63, 3.8) is 0 Å². The van der Waals surface area contributed by atoms with Crippen LogP contribution >= 0.6 is 0 Å². The highest BCUT2D eigenvalue weighted by molar-refractivity contribution is 5.78. The van der Waals surface area contributed by atoms with E-state index in [1.165, 1.54) is 30.4 Å². The minimum atomic E-state index is -0.0496. The minimum Gasteiger partial charge on any atom is -0.497 e. The maximum atomic E-state index is 13.8. The molecule has 1 spiro atoms. The van der Waals surface area contributed by atoms with Crippen molar-refractivity contribution in [1.29, 1.82) is 0 Å². The first-order chi connectivity index (χ1) is 17.0. The molecular formula is C30H41N3O2. The number of hydrogen-bond acceptors (Lipinski definition) is 3. The number of hydrogen-bond donors (Lipinski definition) is 0. The van der Waals surface area contributed by atoms with Crippen molar-refractivity contribution < 1.29 is 9.53 Å². The predicted molar refractivity (Wildman–Crippen MR) is 140 cm³/mol. The van der Waals surface area contributed by atoms with Gasteiger partial charge in [0.05, 0.1) is 12.6 Å². The van der Waals surface area contributed by atoms with Crippen LogP contribution in [0.2, 0.25) is 0 Å². The fourth-order valence-electron chi connectivity index (χ4n) is 6.66. The van der Waals surface area contributed by atoms with Crippen molar-refractivity contribution in [2.24, 2.45) is 5.92 Å². The molecule has 1 saturated heterocycles. The van der Waals surface area contributed by atoms with Crippen molar-refractivity contribution in [3.05, 3.63) is 65.7 Å². The topological polar surface area (TPSA) is 36.0 Å². The molecule has 0 bridgehead atoms. The van der Waals surface area contributed by atoms with Crippen LogP contribution in [-0.2, 0) is 12.1 Å². The molecule has 5 rings (SSSR count). The third kappa shape index (κ3) is 4.44. The molecule has 5 nitrogen and oxygen atoms in total. The molecule has 2 aliphatic carbocycles. The molecule has 0 unspecified atom stereocenters. The fourth-order valence-corrected chi connectivity index (χ4v) is 6.66. The van der Waals surface area contributed by atoms with E-state index in [1.54, 1.807) is 7.11 Å². The van der Waals surface area contributed by atoms with Crippen molar-refractivity contribution in [3.8, 4) is 5.75 Å². The summed E-state index contributed by atoms with van der Waals surface area (Å²) < 4.78 is 5.32. The Kier molecular flexibility index (Phi) is 6.80. The molecule has 3 fully saturated rings. The highest BCUT2D eigenvalue weighted by Crippen LogP contribution is 2.50.